The Labute approximate surface area is 280 Å². The molecule has 6 rings (SSSR count). The average molecular weight is 710 g/mol. The maximum atomic E-state index is 13.9. The topological polar surface area (TPSA) is 87.5 Å². The van der Waals surface area contributed by atoms with Crippen molar-refractivity contribution < 1.29 is 19.0 Å². The van der Waals surface area contributed by atoms with Crippen molar-refractivity contribution in [3.05, 3.63) is 104 Å². The number of nitrogens with zero attached hydrogens (tertiary/aromatic N) is 3. The summed E-state index contributed by atoms with van der Waals surface area (Å²) in [5, 5.41) is 9.45. The van der Waals surface area contributed by atoms with Crippen molar-refractivity contribution in [1.29, 1.82) is 0 Å². The zero-order chi connectivity index (χ0) is 31.3. The Morgan fingerprint density at radius 2 is 1.84 bits per heavy atom. The number of aromatic nitrogens is 3. The van der Waals surface area contributed by atoms with Gasteiger partial charge in [-0.25, -0.2) is 9.48 Å². The summed E-state index contributed by atoms with van der Waals surface area (Å²) in [6, 6.07) is 20.8. The van der Waals surface area contributed by atoms with Crippen LogP contribution in [0.4, 0.5) is 5.95 Å². The van der Waals surface area contributed by atoms with E-state index in [0.29, 0.717) is 51.3 Å². The molecule has 234 valence electrons. The summed E-state index contributed by atoms with van der Waals surface area (Å²) < 4.78 is 20.8. The van der Waals surface area contributed by atoms with Gasteiger partial charge >= 0.3 is 5.97 Å². The van der Waals surface area contributed by atoms with Crippen LogP contribution >= 0.6 is 39.3 Å². The van der Waals surface area contributed by atoms with Crippen molar-refractivity contribution in [2.24, 2.45) is 0 Å². The van der Waals surface area contributed by atoms with Crippen LogP contribution in [0.5, 0.6) is 11.5 Å². The summed E-state index contributed by atoms with van der Waals surface area (Å²) in [6.07, 6.45) is 4.98. The van der Waals surface area contributed by atoms with Crippen LogP contribution in [0.3, 0.4) is 0 Å². The maximum Gasteiger partial charge on any atom is 0.338 e. The van der Waals surface area contributed by atoms with Crippen LogP contribution in [-0.2, 0) is 21.9 Å². The van der Waals surface area contributed by atoms with Gasteiger partial charge in [-0.2, -0.15) is 4.98 Å². The van der Waals surface area contributed by atoms with E-state index in [1.54, 1.807) is 11.8 Å². The van der Waals surface area contributed by atoms with Gasteiger partial charge < -0.3 is 19.5 Å². The number of rotatable bonds is 10. The number of hydrogen-bond donors (Lipinski definition) is 1. The highest BCUT2D eigenvalue weighted by Gasteiger charge is 2.37. The molecule has 0 spiro atoms. The highest BCUT2D eigenvalue weighted by Crippen LogP contribution is 2.41. The van der Waals surface area contributed by atoms with Gasteiger partial charge in [-0.1, -0.05) is 82.1 Å². The molecule has 0 amide bonds. The summed E-state index contributed by atoms with van der Waals surface area (Å²) in [5.41, 5.74) is 4.00. The van der Waals surface area contributed by atoms with Gasteiger partial charge in [0.25, 0.3) is 0 Å². The molecule has 4 aromatic rings. The SMILES string of the molecule is COc1cc(C2C(C(=O)OC3CCCCC3)=C(C)Nc3nc(SCc4ccccc4Cl)nn32)ccc1OCc1ccc(Br)cc1. The zero-order valence-corrected chi connectivity index (χ0v) is 28.3. The van der Waals surface area contributed by atoms with Gasteiger partial charge in [-0.15, -0.1) is 5.10 Å². The molecule has 1 atom stereocenters. The minimum Gasteiger partial charge on any atom is -0.493 e. The standard InChI is InChI=1S/C34H34BrClN4O4S/c1-21-30(32(41)44-26-9-4-3-5-10-26)31(40-33(37-21)38-34(39-40)45-20-24-8-6-7-11-27(24)36)23-14-17-28(29(18-23)42-2)43-19-22-12-15-25(35)16-13-22/h6-8,11-18,26,31H,3-5,9-10,19-20H2,1-2H3,(H,37,38,39). The van der Waals surface area contributed by atoms with Crippen molar-refractivity contribution in [3.63, 3.8) is 0 Å². The van der Waals surface area contributed by atoms with Gasteiger partial charge in [0, 0.05) is 20.9 Å². The van der Waals surface area contributed by atoms with Crippen LogP contribution in [0.25, 0.3) is 0 Å². The third-order valence-electron chi connectivity index (χ3n) is 8.00. The predicted molar refractivity (Wildman–Crippen MR) is 180 cm³/mol. The molecule has 8 nitrogen and oxygen atoms in total. The van der Waals surface area contributed by atoms with Crippen LogP contribution in [0.2, 0.25) is 5.02 Å². The second-order valence-corrected chi connectivity index (χ2v) is 13.4. The number of halogens is 2. The maximum absolute atomic E-state index is 13.9. The summed E-state index contributed by atoms with van der Waals surface area (Å²) >= 11 is 11.4. The molecule has 1 unspecified atom stereocenters. The van der Waals surface area contributed by atoms with Crippen LogP contribution in [0.15, 0.2) is 87.6 Å². The number of carbonyl (C=O) groups excluding carboxylic acids is 1. The molecule has 0 radical (unpaired) electrons. The van der Waals surface area contributed by atoms with Crippen LogP contribution < -0.4 is 14.8 Å². The number of fused-ring (bicyclic) bond motifs is 1. The molecular weight excluding hydrogens is 676 g/mol. The fourth-order valence-electron chi connectivity index (χ4n) is 5.64. The first-order valence-electron chi connectivity index (χ1n) is 15.0. The van der Waals surface area contributed by atoms with Crippen molar-refractivity contribution in [3.8, 4) is 11.5 Å². The van der Waals surface area contributed by atoms with Crippen LogP contribution in [-0.4, -0.2) is 33.9 Å². The van der Waals surface area contributed by atoms with Gasteiger partial charge in [-0.3, -0.25) is 0 Å². The van der Waals surface area contributed by atoms with Crippen molar-refractivity contribution in [2.75, 3.05) is 12.4 Å². The van der Waals surface area contributed by atoms with Gasteiger partial charge in [0.1, 0.15) is 18.8 Å². The molecule has 1 fully saturated rings. The summed E-state index contributed by atoms with van der Waals surface area (Å²) in [5.74, 6) is 1.95. The second kappa shape index (κ2) is 14.3. The molecule has 0 bridgehead atoms. The number of benzene rings is 3. The zero-order valence-electron chi connectivity index (χ0n) is 25.1. The van der Waals surface area contributed by atoms with Gasteiger partial charge in [0.2, 0.25) is 11.1 Å². The monoisotopic (exact) mass is 708 g/mol. The van der Waals surface area contributed by atoms with E-state index >= 15 is 0 Å². The fraction of sp³-hybridized carbons (Fsp3) is 0.324. The first-order chi connectivity index (χ1) is 21.9. The van der Waals surface area contributed by atoms with Crippen molar-refractivity contribution in [2.45, 2.75) is 68.7 Å². The second-order valence-electron chi connectivity index (χ2n) is 11.1. The molecule has 3 aromatic carbocycles. The number of anilines is 1. The van der Waals surface area contributed by atoms with Gasteiger partial charge in [-0.05, 0) is 79.6 Å². The number of nitrogens with one attached hydrogen (secondary N) is 1. The van der Waals surface area contributed by atoms with Crippen molar-refractivity contribution >= 4 is 51.2 Å². The summed E-state index contributed by atoms with van der Waals surface area (Å²) in [7, 11) is 1.61. The molecule has 11 heteroatoms. The molecule has 1 aliphatic carbocycles. The highest BCUT2D eigenvalue weighted by atomic mass is 79.9. The van der Waals surface area contributed by atoms with E-state index in [9.17, 15) is 4.79 Å². The van der Waals surface area contributed by atoms with E-state index in [0.717, 1.165) is 46.8 Å². The van der Waals surface area contributed by atoms with E-state index in [1.807, 2.05) is 73.7 Å². The molecule has 45 heavy (non-hydrogen) atoms. The Morgan fingerprint density at radius 1 is 1.07 bits per heavy atom. The first kappa shape index (κ1) is 31.5. The quantitative estimate of drug-likeness (QED) is 0.129. The number of hydrogen-bond acceptors (Lipinski definition) is 8. The molecule has 2 heterocycles. The predicted octanol–water partition coefficient (Wildman–Crippen LogP) is 8.74. The van der Waals surface area contributed by atoms with E-state index in [2.05, 4.69) is 21.2 Å². The lowest BCUT2D eigenvalue weighted by Gasteiger charge is -2.30. The normalized spacial score (nSPS) is 16.6. The summed E-state index contributed by atoms with van der Waals surface area (Å²) in [4.78, 5) is 18.6. The minimum atomic E-state index is -0.589. The molecule has 0 saturated heterocycles. The largest absolute Gasteiger partial charge is 0.493 e. The lowest BCUT2D eigenvalue weighted by Crippen LogP contribution is -2.32. The Kier molecular flexibility index (Phi) is 10.0. The Morgan fingerprint density at radius 3 is 2.60 bits per heavy atom. The third-order valence-corrected chi connectivity index (χ3v) is 9.79. The van der Waals surface area contributed by atoms with Crippen LogP contribution in [0, 0.1) is 0 Å². The average Bonchev–Trinajstić information content (AvgIpc) is 3.46. The Bertz CT molecular complexity index is 1700. The van der Waals surface area contributed by atoms with E-state index in [1.165, 1.54) is 18.2 Å². The van der Waals surface area contributed by atoms with Crippen molar-refractivity contribution in [1.82, 2.24) is 14.8 Å². The molecule has 1 aliphatic heterocycles. The smallest absolute Gasteiger partial charge is 0.338 e. The van der Waals surface area contributed by atoms with Gasteiger partial charge in [0.15, 0.2) is 11.5 Å². The van der Waals surface area contributed by atoms with E-state index in [4.69, 9.17) is 35.9 Å². The number of thioether (sulfide) groups is 1. The molecule has 1 N–H and O–H groups in total. The number of methoxy groups -OCH3 is 1. The fourth-order valence-corrected chi connectivity index (χ4v) is 7.02. The lowest BCUT2D eigenvalue weighted by molar-refractivity contribution is -0.146. The van der Waals surface area contributed by atoms with Gasteiger partial charge in [0.05, 0.1) is 12.7 Å². The number of allylic oxidation sites excluding steroid dienone is 1. The summed E-state index contributed by atoms with van der Waals surface area (Å²) in [6.45, 7) is 2.26. The van der Waals surface area contributed by atoms with Crippen LogP contribution in [0.1, 0.15) is 61.8 Å². The number of ether oxygens (including phenoxy) is 3. The van der Waals surface area contributed by atoms with E-state index in [-0.39, 0.29) is 12.1 Å². The highest BCUT2D eigenvalue weighted by molar-refractivity contribution is 9.10. The molecule has 1 aromatic heterocycles. The minimum absolute atomic E-state index is 0.0880. The molecule has 1 saturated carbocycles. The molecular formula is C34H34BrClN4O4S. The van der Waals surface area contributed by atoms with E-state index < -0.39 is 6.04 Å². The molecule has 2 aliphatic rings. The number of carbonyl (C=O) groups is 1. The number of esters is 1. The first-order valence-corrected chi connectivity index (χ1v) is 17.1. The Balaban J connectivity index is 1.32. The lowest BCUT2D eigenvalue weighted by atomic mass is 9.94. The third kappa shape index (κ3) is 7.34. The Hall–Kier alpha value is -3.47.